The Morgan fingerprint density at radius 1 is 1.15 bits per heavy atom. The number of rotatable bonds is 8. The van der Waals surface area contributed by atoms with Gasteiger partial charge in [0, 0.05) is 12.4 Å². The molecule has 3 aromatic rings. The Balaban J connectivity index is 1.52. The van der Waals surface area contributed by atoms with Crippen molar-refractivity contribution in [3.05, 3.63) is 72.8 Å². The number of carbonyl (C=O) groups excluding carboxylic acids is 1. The Morgan fingerprint density at radius 3 is 2.85 bits per heavy atom. The quantitative estimate of drug-likeness (QED) is 0.676. The Labute approximate surface area is 152 Å². The number of nitrogens with one attached hydrogen (secondary N) is 1. The van der Waals surface area contributed by atoms with Crippen LogP contribution in [0.1, 0.15) is 5.56 Å². The van der Waals surface area contributed by atoms with Gasteiger partial charge in [-0.1, -0.05) is 24.3 Å². The van der Waals surface area contributed by atoms with Gasteiger partial charge < -0.3 is 19.4 Å². The average Bonchev–Trinajstić information content (AvgIpc) is 3.15. The molecule has 0 fully saturated rings. The first-order valence-corrected chi connectivity index (χ1v) is 8.37. The van der Waals surface area contributed by atoms with Crippen LogP contribution in [-0.4, -0.2) is 28.7 Å². The summed E-state index contributed by atoms with van der Waals surface area (Å²) in [4.78, 5) is 16.2. The zero-order valence-electron chi connectivity index (χ0n) is 14.6. The van der Waals surface area contributed by atoms with E-state index in [-0.39, 0.29) is 12.5 Å². The number of hydrogen-bond acceptors (Lipinski definition) is 4. The summed E-state index contributed by atoms with van der Waals surface area (Å²) in [6, 6.07) is 14.9. The Hall–Kier alpha value is -3.28. The Morgan fingerprint density at radius 2 is 2.04 bits per heavy atom. The van der Waals surface area contributed by atoms with Crippen molar-refractivity contribution in [3.8, 4) is 11.5 Å². The number of anilines is 1. The van der Waals surface area contributed by atoms with E-state index < -0.39 is 0 Å². The van der Waals surface area contributed by atoms with Gasteiger partial charge in [0.15, 0.2) is 6.61 Å². The Kier molecular flexibility index (Phi) is 5.88. The van der Waals surface area contributed by atoms with Crippen molar-refractivity contribution in [2.75, 3.05) is 18.5 Å². The number of carbonyl (C=O) groups is 1. The van der Waals surface area contributed by atoms with Crippen molar-refractivity contribution < 1.29 is 14.3 Å². The molecular formula is C20H21N3O3. The summed E-state index contributed by atoms with van der Waals surface area (Å²) in [5.74, 6) is 1.05. The number of aryl methyl sites for hydroxylation is 1. The second-order valence-corrected chi connectivity index (χ2v) is 5.80. The summed E-state index contributed by atoms with van der Waals surface area (Å²) in [5.41, 5.74) is 1.70. The number of nitrogens with zero attached hydrogens (tertiary/aromatic N) is 2. The fraction of sp³-hybridized carbons (Fsp3) is 0.200. The lowest BCUT2D eigenvalue weighted by Crippen LogP contribution is -2.20. The molecule has 134 valence electrons. The van der Waals surface area contributed by atoms with E-state index in [0.717, 1.165) is 5.56 Å². The van der Waals surface area contributed by atoms with Crippen LogP contribution in [0.25, 0.3) is 0 Å². The highest BCUT2D eigenvalue weighted by Crippen LogP contribution is 2.23. The zero-order valence-corrected chi connectivity index (χ0v) is 14.6. The van der Waals surface area contributed by atoms with Gasteiger partial charge in [0.2, 0.25) is 0 Å². The second kappa shape index (κ2) is 8.71. The molecule has 0 saturated carbocycles. The van der Waals surface area contributed by atoms with E-state index in [1.165, 1.54) is 0 Å². The van der Waals surface area contributed by atoms with Crippen LogP contribution in [0.5, 0.6) is 11.5 Å². The highest BCUT2D eigenvalue weighted by molar-refractivity contribution is 5.93. The van der Waals surface area contributed by atoms with E-state index in [1.54, 1.807) is 18.6 Å². The van der Waals surface area contributed by atoms with Crippen molar-refractivity contribution in [1.82, 2.24) is 9.55 Å². The van der Waals surface area contributed by atoms with E-state index in [4.69, 9.17) is 9.47 Å². The van der Waals surface area contributed by atoms with Crippen LogP contribution in [0.4, 0.5) is 5.69 Å². The number of imidazole rings is 1. The number of ether oxygens (including phenoxy) is 2. The largest absolute Gasteiger partial charge is 0.490 e. The van der Waals surface area contributed by atoms with E-state index in [0.29, 0.717) is 30.3 Å². The molecule has 1 amide bonds. The average molecular weight is 351 g/mol. The number of hydrogen-bond donors (Lipinski definition) is 1. The van der Waals surface area contributed by atoms with Crippen molar-refractivity contribution in [2.24, 2.45) is 0 Å². The van der Waals surface area contributed by atoms with Crippen molar-refractivity contribution in [2.45, 2.75) is 13.5 Å². The number of amides is 1. The SMILES string of the molecule is Cc1cccc(OCC(=O)Nc2ccccc2OCCn2ccnc2)c1. The van der Waals surface area contributed by atoms with Gasteiger partial charge in [0.05, 0.1) is 18.6 Å². The van der Waals surface area contributed by atoms with Gasteiger partial charge in [-0.25, -0.2) is 4.98 Å². The normalized spacial score (nSPS) is 10.3. The molecule has 2 aromatic carbocycles. The Bertz CT molecular complexity index is 847. The van der Waals surface area contributed by atoms with Crippen LogP contribution in [0.15, 0.2) is 67.3 Å². The van der Waals surface area contributed by atoms with Crippen LogP contribution in [-0.2, 0) is 11.3 Å². The van der Waals surface area contributed by atoms with Crippen LogP contribution >= 0.6 is 0 Å². The van der Waals surface area contributed by atoms with Crippen molar-refractivity contribution in [1.29, 1.82) is 0 Å². The molecular weight excluding hydrogens is 330 g/mol. The number of aromatic nitrogens is 2. The summed E-state index contributed by atoms with van der Waals surface area (Å²) in [6.45, 7) is 3.07. The third-order valence-corrected chi connectivity index (χ3v) is 3.69. The molecule has 3 rings (SSSR count). The minimum atomic E-state index is -0.239. The van der Waals surface area contributed by atoms with Gasteiger partial charge >= 0.3 is 0 Å². The maximum Gasteiger partial charge on any atom is 0.262 e. The van der Waals surface area contributed by atoms with Gasteiger partial charge in [-0.15, -0.1) is 0 Å². The van der Waals surface area contributed by atoms with Gasteiger partial charge in [-0.3, -0.25) is 4.79 Å². The molecule has 0 saturated heterocycles. The summed E-state index contributed by atoms with van der Waals surface area (Å²) >= 11 is 0. The molecule has 0 spiro atoms. The predicted octanol–water partition coefficient (Wildman–Crippen LogP) is 3.29. The third kappa shape index (κ3) is 5.11. The first kappa shape index (κ1) is 17.5. The molecule has 26 heavy (non-hydrogen) atoms. The van der Waals surface area contributed by atoms with Crippen LogP contribution in [0.2, 0.25) is 0 Å². The van der Waals surface area contributed by atoms with Gasteiger partial charge in [0.1, 0.15) is 18.1 Å². The molecule has 0 unspecified atom stereocenters. The first-order chi connectivity index (χ1) is 12.7. The monoisotopic (exact) mass is 351 g/mol. The number of para-hydroxylation sites is 2. The molecule has 0 radical (unpaired) electrons. The molecule has 0 aliphatic carbocycles. The van der Waals surface area contributed by atoms with Gasteiger partial charge in [-0.05, 0) is 36.8 Å². The standard InChI is InChI=1S/C20H21N3O3/c1-16-5-4-6-17(13-16)26-14-20(24)22-18-7-2-3-8-19(18)25-12-11-23-10-9-21-15-23/h2-10,13,15H,11-12,14H2,1H3,(H,22,24). The third-order valence-electron chi connectivity index (χ3n) is 3.69. The van der Waals surface area contributed by atoms with E-state index >= 15 is 0 Å². The molecule has 0 bridgehead atoms. The molecule has 0 aliphatic rings. The summed E-state index contributed by atoms with van der Waals surface area (Å²) < 4.78 is 13.2. The zero-order chi connectivity index (χ0) is 18.2. The van der Waals surface area contributed by atoms with E-state index in [2.05, 4.69) is 10.3 Å². The second-order valence-electron chi connectivity index (χ2n) is 5.80. The molecule has 1 aromatic heterocycles. The molecule has 1 N–H and O–H groups in total. The lowest BCUT2D eigenvalue weighted by atomic mass is 10.2. The smallest absolute Gasteiger partial charge is 0.262 e. The molecule has 6 nitrogen and oxygen atoms in total. The minimum absolute atomic E-state index is 0.0627. The van der Waals surface area contributed by atoms with Gasteiger partial charge in [0.25, 0.3) is 5.91 Å². The summed E-state index contributed by atoms with van der Waals surface area (Å²) in [5, 5.41) is 2.83. The van der Waals surface area contributed by atoms with Crippen molar-refractivity contribution in [3.63, 3.8) is 0 Å². The fourth-order valence-electron chi connectivity index (χ4n) is 2.42. The highest BCUT2D eigenvalue weighted by Gasteiger charge is 2.08. The maximum absolute atomic E-state index is 12.2. The van der Waals surface area contributed by atoms with Crippen LogP contribution in [0.3, 0.4) is 0 Å². The summed E-state index contributed by atoms with van der Waals surface area (Å²) in [7, 11) is 0. The fourth-order valence-corrected chi connectivity index (χ4v) is 2.42. The van der Waals surface area contributed by atoms with Crippen molar-refractivity contribution >= 4 is 11.6 Å². The number of benzene rings is 2. The molecule has 6 heteroatoms. The maximum atomic E-state index is 12.2. The van der Waals surface area contributed by atoms with E-state index in [1.807, 2.05) is 60.2 Å². The lowest BCUT2D eigenvalue weighted by molar-refractivity contribution is -0.118. The lowest BCUT2D eigenvalue weighted by Gasteiger charge is -2.13. The summed E-state index contributed by atoms with van der Waals surface area (Å²) in [6.07, 6.45) is 5.34. The molecule has 0 aliphatic heterocycles. The topological polar surface area (TPSA) is 65.4 Å². The van der Waals surface area contributed by atoms with Crippen LogP contribution in [0, 0.1) is 6.92 Å². The molecule has 0 atom stereocenters. The molecule has 1 heterocycles. The van der Waals surface area contributed by atoms with Gasteiger partial charge in [-0.2, -0.15) is 0 Å². The minimum Gasteiger partial charge on any atom is -0.490 e. The predicted molar refractivity (Wildman–Crippen MR) is 99.5 cm³/mol. The highest BCUT2D eigenvalue weighted by atomic mass is 16.5. The van der Waals surface area contributed by atoms with E-state index in [9.17, 15) is 4.79 Å². The first-order valence-electron chi connectivity index (χ1n) is 8.37. The van der Waals surface area contributed by atoms with Crippen LogP contribution < -0.4 is 14.8 Å².